The van der Waals surface area contributed by atoms with Gasteiger partial charge < -0.3 is 5.32 Å². The van der Waals surface area contributed by atoms with Crippen molar-refractivity contribution < 1.29 is 0 Å². The van der Waals surface area contributed by atoms with Crippen molar-refractivity contribution in [1.29, 1.82) is 0 Å². The molecule has 0 aliphatic heterocycles. The molecule has 1 aliphatic carbocycles. The van der Waals surface area contributed by atoms with Crippen LogP contribution in [0.5, 0.6) is 0 Å². The van der Waals surface area contributed by atoms with Crippen LogP contribution in [0.2, 0.25) is 0 Å². The fourth-order valence-corrected chi connectivity index (χ4v) is 3.48. The molecule has 0 saturated heterocycles. The van der Waals surface area contributed by atoms with Crippen LogP contribution in [0.1, 0.15) is 66.2 Å². The van der Waals surface area contributed by atoms with Gasteiger partial charge in [0.25, 0.3) is 0 Å². The quantitative estimate of drug-likeness (QED) is 0.479. The number of hydrogen-bond donors (Lipinski definition) is 1. The highest BCUT2D eigenvalue weighted by Crippen LogP contribution is 2.43. The zero-order chi connectivity index (χ0) is 14.3. The number of rotatable bonds is 8. The largest absolute Gasteiger partial charge is 0.316 e. The van der Waals surface area contributed by atoms with Crippen molar-refractivity contribution in [3.05, 3.63) is 12.7 Å². The Balaban J connectivity index is 2.43. The Bertz CT molecular complexity index is 254. The smallest absolute Gasteiger partial charge is 0.00177 e. The van der Waals surface area contributed by atoms with Gasteiger partial charge in [0.2, 0.25) is 0 Å². The van der Waals surface area contributed by atoms with Crippen LogP contribution in [0.4, 0.5) is 0 Å². The topological polar surface area (TPSA) is 12.0 Å². The fraction of sp³-hybridized carbons (Fsp3) is 0.889. The molecule has 0 spiro atoms. The predicted molar refractivity (Wildman–Crippen MR) is 86.4 cm³/mol. The minimum Gasteiger partial charge on any atom is -0.316 e. The van der Waals surface area contributed by atoms with Gasteiger partial charge in [0.1, 0.15) is 0 Å². The molecule has 2 unspecified atom stereocenters. The van der Waals surface area contributed by atoms with Crippen molar-refractivity contribution in [2.24, 2.45) is 23.2 Å². The maximum atomic E-state index is 3.85. The SMILES string of the molecule is C=CCCCC1CC(C)(C)CCC1CNCC(C)C. The molecule has 1 nitrogen and oxygen atoms in total. The average Bonchev–Trinajstić information content (AvgIpc) is 2.31. The van der Waals surface area contributed by atoms with Gasteiger partial charge in [-0.2, -0.15) is 0 Å². The second-order valence-electron chi connectivity index (χ2n) is 7.70. The highest BCUT2D eigenvalue weighted by atomic mass is 14.9. The first-order valence-electron chi connectivity index (χ1n) is 8.26. The van der Waals surface area contributed by atoms with Gasteiger partial charge in [-0.1, -0.05) is 33.8 Å². The zero-order valence-electron chi connectivity index (χ0n) is 13.7. The molecule has 1 saturated carbocycles. The van der Waals surface area contributed by atoms with Crippen LogP contribution in [0.3, 0.4) is 0 Å². The summed E-state index contributed by atoms with van der Waals surface area (Å²) in [6.07, 6.45) is 10.2. The molecular formula is C18H35N. The number of hydrogen-bond acceptors (Lipinski definition) is 1. The van der Waals surface area contributed by atoms with E-state index in [0.29, 0.717) is 5.41 Å². The molecule has 0 heterocycles. The third-order valence-corrected chi connectivity index (χ3v) is 4.62. The first-order chi connectivity index (χ1) is 8.94. The van der Waals surface area contributed by atoms with E-state index in [0.717, 1.165) is 17.8 Å². The lowest BCUT2D eigenvalue weighted by Crippen LogP contribution is -2.37. The normalized spacial score (nSPS) is 26.6. The molecule has 0 radical (unpaired) electrons. The number of unbranched alkanes of at least 4 members (excludes halogenated alkanes) is 1. The summed E-state index contributed by atoms with van der Waals surface area (Å²) in [6.45, 7) is 15.7. The summed E-state index contributed by atoms with van der Waals surface area (Å²) >= 11 is 0. The second-order valence-corrected chi connectivity index (χ2v) is 7.70. The average molecular weight is 265 g/mol. The standard InChI is InChI=1S/C18H35N/c1-6-7-8-9-16-12-18(4,5)11-10-17(16)14-19-13-15(2)3/h6,15-17,19H,1,7-14H2,2-5H3. The molecule has 0 aromatic carbocycles. The Hall–Kier alpha value is -0.300. The Morgan fingerprint density at radius 2 is 2.05 bits per heavy atom. The van der Waals surface area contributed by atoms with Crippen LogP contribution >= 0.6 is 0 Å². The lowest BCUT2D eigenvalue weighted by atomic mass is 9.66. The van der Waals surface area contributed by atoms with Crippen molar-refractivity contribution in [2.75, 3.05) is 13.1 Å². The van der Waals surface area contributed by atoms with Crippen LogP contribution in [-0.4, -0.2) is 13.1 Å². The maximum Gasteiger partial charge on any atom is -0.00177 e. The monoisotopic (exact) mass is 265 g/mol. The van der Waals surface area contributed by atoms with E-state index in [1.165, 1.54) is 51.6 Å². The maximum absolute atomic E-state index is 3.85. The minimum atomic E-state index is 0.563. The van der Waals surface area contributed by atoms with Gasteiger partial charge >= 0.3 is 0 Å². The van der Waals surface area contributed by atoms with E-state index in [9.17, 15) is 0 Å². The van der Waals surface area contributed by atoms with Crippen molar-refractivity contribution in [2.45, 2.75) is 66.2 Å². The molecule has 1 aliphatic rings. The lowest BCUT2D eigenvalue weighted by Gasteiger charge is -2.41. The fourth-order valence-electron chi connectivity index (χ4n) is 3.48. The highest BCUT2D eigenvalue weighted by molar-refractivity contribution is 4.86. The van der Waals surface area contributed by atoms with Gasteiger partial charge in [0.05, 0.1) is 0 Å². The van der Waals surface area contributed by atoms with Crippen molar-refractivity contribution in [3.63, 3.8) is 0 Å². The van der Waals surface area contributed by atoms with E-state index in [-0.39, 0.29) is 0 Å². The van der Waals surface area contributed by atoms with E-state index >= 15 is 0 Å². The van der Waals surface area contributed by atoms with Crippen LogP contribution in [0.15, 0.2) is 12.7 Å². The first-order valence-corrected chi connectivity index (χ1v) is 8.26. The molecule has 1 N–H and O–H groups in total. The van der Waals surface area contributed by atoms with Crippen molar-refractivity contribution in [1.82, 2.24) is 5.32 Å². The summed E-state index contributed by atoms with van der Waals surface area (Å²) in [4.78, 5) is 0. The van der Waals surface area contributed by atoms with E-state index in [1.54, 1.807) is 0 Å². The summed E-state index contributed by atoms with van der Waals surface area (Å²) < 4.78 is 0. The first kappa shape index (κ1) is 16.8. The molecule has 0 aromatic heterocycles. The molecular weight excluding hydrogens is 230 g/mol. The van der Waals surface area contributed by atoms with Crippen LogP contribution in [0.25, 0.3) is 0 Å². The van der Waals surface area contributed by atoms with Gasteiger partial charge in [-0.25, -0.2) is 0 Å². The third kappa shape index (κ3) is 6.61. The summed E-state index contributed by atoms with van der Waals surface area (Å²) in [5.74, 6) is 2.58. The van der Waals surface area contributed by atoms with Gasteiger partial charge in [-0.3, -0.25) is 0 Å². The molecule has 1 fully saturated rings. The summed E-state index contributed by atoms with van der Waals surface area (Å²) in [6, 6.07) is 0. The summed E-state index contributed by atoms with van der Waals surface area (Å²) in [7, 11) is 0. The Labute approximate surface area is 121 Å². The van der Waals surface area contributed by atoms with Crippen molar-refractivity contribution >= 4 is 0 Å². The lowest BCUT2D eigenvalue weighted by molar-refractivity contribution is 0.108. The Morgan fingerprint density at radius 1 is 1.32 bits per heavy atom. The van der Waals surface area contributed by atoms with Gasteiger partial charge in [0.15, 0.2) is 0 Å². The van der Waals surface area contributed by atoms with E-state index in [2.05, 4.69) is 45.7 Å². The van der Waals surface area contributed by atoms with E-state index < -0.39 is 0 Å². The van der Waals surface area contributed by atoms with Crippen LogP contribution < -0.4 is 5.32 Å². The Morgan fingerprint density at radius 3 is 2.68 bits per heavy atom. The number of nitrogens with one attached hydrogen (secondary N) is 1. The molecule has 1 rings (SSSR count). The molecule has 0 bridgehead atoms. The van der Waals surface area contributed by atoms with E-state index in [1.807, 2.05) is 0 Å². The molecule has 2 atom stereocenters. The van der Waals surface area contributed by atoms with Crippen molar-refractivity contribution in [3.8, 4) is 0 Å². The molecule has 19 heavy (non-hydrogen) atoms. The molecule has 112 valence electrons. The number of allylic oxidation sites excluding steroid dienone is 1. The van der Waals surface area contributed by atoms with Crippen LogP contribution in [-0.2, 0) is 0 Å². The molecule has 1 heteroatoms. The minimum absolute atomic E-state index is 0.563. The Kier molecular flexibility index (Phi) is 7.13. The van der Waals surface area contributed by atoms with Gasteiger partial charge in [0, 0.05) is 0 Å². The third-order valence-electron chi connectivity index (χ3n) is 4.62. The summed E-state index contributed by atoms with van der Waals surface area (Å²) in [5, 5.41) is 3.68. The zero-order valence-corrected chi connectivity index (χ0v) is 13.7. The predicted octanol–water partition coefficient (Wildman–Crippen LogP) is 5.03. The summed E-state index contributed by atoms with van der Waals surface area (Å²) in [5.41, 5.74) is 0.563. The molecule has 0 amide bonds. The second kappa shape index (κ2) is 8.09. The molecule has 0 aromatic rings. The van der Waals surface area contributed by atoms with E-state index in [4.69, 9.17) is 0 Å². The van der Waals surface area contributed by atoms with Gasteiger partial charge in [-0.05, 0) is 74.8 Å². The highest BCUT2D eigenvalue weighted by Gasteiger charge is 2.33. The van der Waals surface area contributed by atoms with Gasteiger partial charge in [-0.15, -0.1) is 6.58 Å². The van der Waals surface area contributed by atoms with Crippen LogP contribution in [0, 0.1) is 23.2 Å².